The van der Waals surface area contributed by atoms with Gasteiger partial charge in [0.25, 0.3) is 5.91 Å². The Labute approximate surface area is 148 Å². The Hall–Kier alpha value is -2.62. The topological polar surface area (TPSA) is 58.2 Å². The SMILES string of the molecule is O=C(Cc1ccc2c(c1)CCCC2)NCCNC(=O)c1ccccc1. The number of carbonyl (C=O) groups is 2. The van der Waals surface area contributed by atoms with Crippen molar-refractivity contribution in [2.24, 2.45) is 0 Å². The van der Waals surface area contributed by atoms with E-state index in [2.05, 4.69) is 28.8 Å². The average Bonchev–Trinajstić information content (AvgIpc) is 2.65. The molecule has 2 amide bonds. The number of nitrogens with one attached hydrogen (secondary N) is 2. The maximum Gasteiger partial charge on any atom is 0.251 e. The summed E-state index contributed by atoms with van der Waals surface area (Å²) in [6, 6.07) is 15.5. The van der Waals surface area contributed by atoms with Crippen molar-refractivity contribution in [2.75, 3.05) is 13.1 Å². The fourth-order valence-electron chi connectivity index (χ4n) is 3.21. The number of fused-ring (bicyclic) bond motifs is 1. The predicted octanol–water partition coefficient (Wildman–Crippen LogP) is 2.65. The third-order valence-electron chi connectivity index (χ3n) is 4.55. The maximum absolute atomic E-state index is 12.1. The van der Waals surface area contributed by atoms with Crippen LogP contribution >= 0.6 is 0 Å². The normalized spacial score (nSPS) is 13.0. The zero-order chi connectivity index (χ0) is 17.5. The third-order valence-corrected chi connectivity index (χ3v) is 4.55. The van der Waals surface area contributed by atoms with Gasteiger partial charge in [-0.15, -0.1) is 0 Å². The van der Waals surface area contributed by atoms with Crippen molar-refractivity contribution in [2.45, 2.75) is 32.1 Å². The fraction of sp³-hybridized carbons (Fsp3) is 0.333. The Bertz CT molecular complexity index is 741. The molecule has 0 saturated heterocycles. The van der Waals surface area contributed by atoms with E-state index in [9.17, 15) is 9.59 Å². The lowest BCUT2D eigenvalue weighted by atomic mass is 9.90. The van der Waals surface area contributed by atoms with Crippen LogP contribution in [0.25, 0.3) is 0 Å². The van der Waals surface area contributed by atoms with Crippen molar-refractivity contribution in [3.8, 4) is 0 Å². The van der Waals surface area contributed by atoms with E-state index >= 15 is 0 Å². The van der Waals surface area contributed by atoms with Gasteiger partial charge in [-0.1, -0.05) is 36.4 Å². The van der Waals surface area contributed by atoms with Crippen LogP contribution in [0.5, 0.6) is 0 Å². The molecule has 4 heteroatoms. The molecule has 1 aliphatic rings. The molecule has 2 aromatic carbocycles. The predicted molar refractivity (Wildman–Crippen MR) is 98.6 cm³/mol. The monoisotopic (exact) mass is 336 g/mol. The van der Waals surface area contributed by atoms with Gasteiger partial charge < -0.3 is 10.6 Å². The van der Waals surface area contributed by atoms with Gasteiger partial charge in [0, 0.05) is 18.7 Å². The highest BCUT2D eigenvalue weighted by Gasteiger charge is 2.11. The quantitative estimate of drug-likeness (QED) is 0.797. The summed E-state index contributed by atoms with van der Waals surface area (Å²) < 4.78 is 0. The molecule has 25 heavy (non-hydrogen) atoms. The number of carbonyl (C=O) groups excluding carboxylic acids is 2. The second-order valence-electron chi connectivity index (χ2n) is 6.46. The Kier molecular flexibility index (Phi) is 5.83. The minimum absolute atomic E-state index is 0.00952. The van der Waals surface area contributed by atoms with E-state index in [0.717, 1.165) is 18.4 Å². The molecule has 0 bridgehead atoms. The second kappa shape index (κ2) is 8.47. The number of hydrogen-bond donors (Lipinski definition) is 2. The molecule has 0 atom stereocenters. The van der Waals surface area contributed by atoms with Crippen LogP contribution in [-0.2, 0) is 24.1 Å². The van der Waals surface area contributed by atoms with Crippen molar-refractivity contribution in [1.82, 2.24) is 10.6 Å². The highest BCUT2D eigenvalue weighted by atomic mass is 16.2. The molecule has 0 aliphatic heterocycles. The van der Waals surface area contributed by atoms with Crippen LogP contribution in [0.4, 0.5) is 0 Å². The van der Waals surface area contributed by atoms with E-state index in [1.807, 2.05) is 18.2 Å². The first kappa shape index (κ1) is 17.2. The van der Waals surface area contributed by atoms with Crippen LogP contribution in [-0.4, -0.2) is 24.9 Å². The molecular weight excluding hydrogens is 312 g/mol. The first-order valence-corrected chi connectivity index (χ1v) is 8.93. The smallest absolute Gasteiger partial charge is 0.251 e. The van der Waals surface area contributed by atoms with Gasteiger partial charge in [0.15, 0.2) is 0 Å². The van der Waals surface area contributed by atoms with E-state index < -0.39 is 0 Å². The van der Waals surface area contributed by atoms with Gasteiger partial charge >= 0.3 is 0 Å². The fourth-order valence-corrected chi connectivity index (χ4v) is 3.21. The van der Waals surface area contributed by atoms with Crippen LogP contribution < -0.4 is 10.6 Å². The number of benzene rings is 2. The van der Waals surface area contributed by atoms with Crippen molar-refractivity contribution < 1.29 is 9.59 Å². The number of aryl methyl sites for hydroxylation is 2. The average molecular weight is 336 g/mol. The molecule has 0 spiro atoms. The molecule has 0 aromatic heterocycles. The van der Waals surface area contributed by atoms with Gasteiger partial charge in [0.2, 0.25) is 5.91 Å². The summed E-state index contributed by atoms with van der Waals surface area (Å²) in [5, 5.41) is 5.67. The van der Waals surface area contributed by atoms with Gasteiger partial charge in [-0.3, -0.25) is 9.59 Å². The molecule has 2 aromatic rings. The second-order valence-corrected chi connectivity index (χ2v) is 6.46. The number of hydrogen-bond acceptors (Lipinski definition) is 2. The zero-order valence-electron chi connectivity index (χ0n) is 14.4. The van der Waals surface area contributed by atoms with Crippen molar-refractivity contribution in [3.63, 3.8) is 0 Å². The summed E-state index contributed by atoms with van der Waals surface area (Å²) in [5.41, 5.74) is 4.51. The molecule has 3 rings (SSSR count). The summed E-state index contributed by atoms with van der Waals surface area (Å²) in [6.45, 7) is 0.853. The molecule has 130 valence electrons. The zero-order valence-corrected chi connectivity index (χ0v) is 14.4. The van der Waals surface area contributed by atoms with Gasteiger partial charge in [-0.25, -0.2) is 0 Å². The van der Waals surface area contributed by atoms with E-state index in [-0.39, 0.29) is 11.8 Å². The minimum Gasteiger partial charge on any atom is -0.354 e. The summed E-state index contributed by atoms with van der Waals surface area (Å²) >= 11 is 0. The first-order valence-electron chi connectivity index (χ1n) is 8.93. The third kappa shape index (κ3) is 4.92. The summed E-state index contributed by atoms with van der Waals surface area (Å²) in [6.07, 6.45) is 5.17. The molecule has 2 N–H and O–H groups in total. The highest BCUT2D eigenvalue weighted by Crippen LogP contribution is 2.22. The maximum atomic E-state index is 12.1. The summed E-state index contributed by atoms with van der Waals surface area (Å²) in [4.78, 5) is 24.0. The van der Waals surface area contributed by atoms with E-state index in [4.69, 9.17) is 0 Å². The number of rotatable bonds is 6. The van der Waals surface area contributed by atoms with E-state index in [0.29, 0.717) is 25.1 Å². The molecule has 0 heterocycles. The van der Waals surface area contributed by atoms with Gasteiger partial charge in [-0.2, -0.15) is 0 Å². The molecule has 4 nitrogen and oxygen atoms in total. The minimum atomic E-state index is -0.121. The van der Waals surface area contributed by atoms with Crippen LogP contribution in [0.1, 0.15) is 39.9 Å². The van der Waals surface area contributed by atoms with Crippen LogP contribution in [0.2, 0.25) is 0 Å². The van der Waals surface area contributed by atoms with Crippen molar-refractivity contribution >= 4 is 11.8 Å². The molecular formula is C21H24N2O2. The highest BCUT2D eigenvalue weighted by molar-refractivity contribution is 5.94. The van der Waals surface area contributed by atoms with Crippen molar-refractivity contribution in [3.05, 3.63) is 70.8 Å². The first-order chi connectivity index (χ1) is 12.2. The Morgan fingerprint density at radius 1 is 0.840 bits per heavy atom. The van der Waals surface area contributed by atoms with E-state index in [1.165, 1.54) is 24.0 Å². The summed E-state index contributed by atoms with van der Waals surface area (Å²) in [5.74, 6) is -0.130. The summed E-state index contributed by atoms with van der Waals surface area (Å²) in [7, 11) is 0. The molecule has 1 aliphatic carbocycles. The van der Waals surface area contributed by atoms with Crippen LogP contribution in [0.3, 0.4) is 0 Å². The van der Waals surface area contributed by atoms with Gasteiger partial charge in [0.05, 0.1) is 6.42 Å². The number of amides is 2. The molecule has 0 unspecified atom stereocenters. The van der Waals surface area contributed by atoms with E-state index in [1.54, 1.807) is 12.1 Å². The Morgan fingerprint density at radius 2 is 1.56 bits per heavy atom. The van der Waals surface area contributed by atoms with Gasteiger partial charge in [-0.05, 0) is 54.5 Å². The van der Waals surface area contributed by atoms with Crippen LogP contribution in [0, 0.1) is 0 Å². The van der Waals surface area contributed by atoms with Crippen LogP contribution in [0.15, 0.2) is 48.5 Å². The molecule has 0 radical (unpaired) electrons. The Morgan fingerprint density at radius 3 is 2.36 bits per heavy atom. The lowest BCUT2D eigenvalue weighted by Crippen LogP contribution is -2.35. The largest absolute Gasteiger partial charge is 0.354 e. The van der Waals surface area contributed by atoms with Crippen molar-refractivity contribution in [1.29, 1.82) is 0 Å². The lowest BCUT2D eigenvalue weighted by Gasteiger charge is -2.16. The van der Waals surface area contributed by atoms with Gasteiger partial charge in [0.1, 0.15) is 0 Å². The molecule has 0 fully saturated rings. The lowest BCUT2D eigenvalue weighted by molar-refractivity contribution is -0.120. The molecule has 0 saturated carbocycles. The Balaban J connectivity index is 1.40. The standard InChI is InChI=1S/C21H24N2O2/c24-20(15-16-10-11-17-6-4-5-9-19(17)14-16)22-12-13-23-21(25)18-7-2-1-3-8-18/h1-3,7-8,10-11,14H,4-6,9,12-13,15H2,(H,22,24)(H,23,25).